The minimum atomic E-state index is -0.206. The fraction of sp³-hybridized carbons (Fsp3) is 0.231. The van der Waals surface area contributed by atoms with E-state index >= 15 is 0 Å². The third-order valence-electron chi connectivity index (χ3n) is 3.14. The van der Waals surface area contributed by atoms with Gasteiger partial charge in [-0.3, -0.25) is 9.78 Å². The summed E-state index contributed by atoms with van der Waals surface area (Å²) in [5.41, 5.74) is 4.15. The molecule has 86 valence electrons. The highest BCUT2D eigenvalue weighted by atomic mass is 35.5. The third-order valence-corrected chi connectivity index (χ3v) is 3.42. The molecule has 17 heavy (non-hydrogen) atoms. The highest BCUT2D eigenvalue weighted by molar-refractivity contribution is 6.30. The summed E-state index contributed by atoms with van der Waals surface area (Å²) in [7, 11) is 0. The van der Waals surface area contributed by atoms with Crippen molar-refractivity contribution in [1.29, 1.82) is 0 Å². The lowest BCUT2D eigenvalue weighted by molar-refractivity contribution is 0.808. The Morgan fingerprint density at radius 2 is 2.18 bits per heavy atom. The van der Waals surface area contributed by atoms with Gasteiger partial charge in [0.25, 0.3) is 5.56 Å². The van der Waals surface area contributed by atoms with Crippen LogP contribution in [0.4, 0.5) is 0 Å². The largest absolute Gasteiger partial charge is 0.324 e. The predicted octanol–water partition coefficient (Wildman–Crippen LogP) is 2.58. The Labute approximate surface area is 103 Å². The van der Waals surface area contributed by atoms with Crippen molar-refractivity contribution in [1.82, 2.24) is 9.97 Å². The van der Waals surface area contributed by atoms with Crippen LogP contribution in [0, 0.1) is 0 Å². The van der Waals surface area contributed by atoms with Gasteiger partial charge in [0.15, 0.2) is 0 Å². The second-order valence-corrected chi connectivity index (χ2v) is 4.63. The SMILES string of the molecule is O=c1[nH]c2c(cc1Cl)-c1ccncc1CCC2. The number of aromatic amines is 1. The number of aryl methyl sites for hydroxylation is 2. The van der Waals surface area contributed by atoms with Gasteiger partial charge in [-0.2, -0.15) is 0 Å². The minimum Gasteiger partial charge on any atom is -0.324 e. The summed E-state index contributed by atoms with van der Waals surface area (Å²) in [6.07, 6.45) is 6.54. The van der Waals surface area contributed by atoms with E-state index in [1.54, 1.807) is 12.3 Å². The van der Waals surface area contributed by atoms with Gasteiger partial charge in [0.05, 0.1) is 0 Å². The Morgan fingerprint density at radius 1 is 1.29 bits per heavy atom. The van der Waals surface area contributed by atoms with Gasteiger partial charge >= 0.3 is 0 Å². The molecule has 0 amide bonds. The summed E-state index contributed by atoms with van der Waals surface area (Å²) in [6.45, 7) is 0. The monoisotopic (exact) mass is 246 g/mol. The maximum Gasteiger partial charge on any atom is 0.266 e. The van der Waals surface area contributed by atoms with Crippen LogP contribution < -0.4 is 5.56 Å². The van der Waals surface area contributed by atoms with Gasteiger partial charge in [0, 0.05) is 23.7 Å². The first-order valence-corrected chi connectivity index (χ1v) is 5.98. The maximum absolute atomic E-state index is 11.5. The van der Waals surface area contributed by atoms with Crippen LogP contribution in [0.2, 0.25) is 5.02 Å². The average Bonchev–Trinajstić information content (AvgIpc) is 2.50. The molecule has 0 atom stereocenters. The molecule has 1 aliphatic rings. The molecule has 0 spiro atoms. The smallest absolute Gasteiger partial charge is 0.266 e. The van der Waals surface area contributed by atoms with Crippen LogP contribution in [0.1, 0.15) is 17.7 Å². The standard InChI is InChI=1S/C13H11ClN2O/c14-11-6-10-9-4-5-15-7-8(9)2-1-3-12(10)16-13(11)17/h4-7H,1-3H2,(H,16,17). The van der Waals surface area contributed by atoms with E-state index in [0.717, 1.165) is 36.1 Å². The fourth-order valence-corrected chi connectivity index (χ4v) is 2.48. The van der Waals surface area contributed by atoms with Gasteiger partial charge in [-0.15, -0.1) is 0 Å². The molecule has 2 aromatic rings. The molecule has 3 rings (SSSR count). The number of pyridine rings is 2. The molecule has 1 aliphatic carbocycles. The second-order valence-electron chi connectivity index (χ2n) is 4.23. The summed E-state index contributed by atoms with van der Waals surface area (Å²) in [5.74, 6) is 0. The molecule has 0 bridgehead atoms. The second kappa shape index (κ2) is 4.00. The van der Waals surface area contributed by atoms with E-state index in [1.165, 1.54) is 5.56 Å². The molecule has 3 nitrogen and oxygen atoms in total. The van der Waals surface area contributed by atoms with Crippen LogP contribution in [-0.2, 0) is 12.8 Å². The van der Waals surface area contributed by atoms with Crippen molar-refractivity contribution in [2.45, 2.75) is 19.3 Å². The van der Waals surface area contributed by atoms with E-state index in [9.17, 15) is 4.79 Å². The number of H-pyrrole nitrogens is 1. The van der Waals surface area contributed by atoms with Crippen LogP contribution in [0.3, 0.4) is 0 Å². The summed E-state index contributed by atoms with van der Waals surface area (Å²) in [4.78, 5) is 18.5. The number of hydrogen-bond donors (Lipinski definition) is 1. The van der Waals surface area contributed by atoms with Crippen molar-refractivity contribution in [3.63, 3.8) is 0 Å². The van der Waals surface area contributed by atoms with Crippen LogP contribution in [0.25, 0.3) is 11.1 Å². The van der Waals surface area contributed by atoms with Crippen molar-refractivity contribution in [2.75, 3.05) is 0 Å². The fourth-order valence-electron chi connectivity index (χ4n) is 2.33. The van der Waals surface area contributed by atoms with Gasteiger partial charge in [-0.1, -0.05) is 11.6 Å². The van der Waals surface area contributed by atoms with Crippen molar-refractivity contribution in [3.05, 3.63) is 51.2 Å². The molecule has 0 saturated carbocycles. The molecule has 2 heterocycles. The zero-order chi connectivity index (χ0) is 11.8. The Bertz CT molecular complexity index is 634. The van der Waals surface area contributed by atoms with Crippen molar-refractivity contribution >= 4 is 11.6 Å². The molecule has 0 aromatic carbocycles. The van der Waals surface area contributed by atoms with Crippen molar-refractivity contribution < 1.29 is 0 Å². The number of nitrogens with zero attached hydrogens (tertiary/aromatic N) is 1. The van der Waals surface area contributed by atoms with Crippen LogP contribution in [-0.4, -0.2) is 9.97 Å². The van der Waals surface area contributed by atoms with Crippen LogP contribution in [0.15, 0.2) is 29.3 Å². The van der Waals surface area contributed by atoms with Gasteiger partial charge in [0.1, 0.15) is 5.02 Å². The summed E-state index contributed by atoms with van der Waals surface area (Å²) in [6, 6.07) is 3.74. The lowest BCUT2D eigenvalue weighted by Crippen LogP contribution is -2.10. The third kappa shape index (κ3) is 1.76. The highest BCUT2D eigenvalue weighted by Crippen LogP contribution is 2.31. The Hall–Kier alpha value is -1.61. The zero-order valence-corrected chi connectivity index (χ0v) is 9.92. The van der Waals surface area contributed by atoms with Crippen molar-refractivity contribution in [2.24, 2.45) is 0 Å². The summed E-state index contributed by atoms with van der Waals surface area (Å²) < 4.78 is 0. The highest BCUT2D eigenvalue weighted by Gasteiger charge is 2.16. The first-order chi connectivity index (χ1) is 8.25. The lowest BCUT2D eigenvalue weighted by atomic mass is 10.0. The van der Waals surface area contributed by atoms with Crippen molar-refractivity contribution in [3.8, 4) is 11.1 Å². The van der Waals surface area contributed by atoms with E-state index in [1.807, 2.05) is 12.3 Å². The molecule has 1 N–H and O–H groups in total. The average molecular weight is 247 g/mol. The zero-order valence-electron chi connectivity index (χ0n) is 9.16. The lowest BCUT2D eigenvalue weighted by Gasteiger charge is -2.08. The summed E-state index contributed by atoms with van der Waals surface area (Å²) in [5, 5.41) is 0.244. The molecule has 0 unspecified atom stereocenters. The van der Waals surface area contributed by atoms with E-state index in [2.05, 4.69) is 9.97 Å². The van der Waals surface area contributed by atoms with Gasteiger partial charge < -0.3 is 4.98 Å². The number of fused-ring (bicyclic) bond motifs is 3. The van der Waals surface area contributed by atoms with E-state index < -0.39 is 0 Å². The van der Waals surface area contributed by atoms with E-state index in [-0.39, 0.29) is 10.6 Å². The van der Waals surface area contributed by atoms with Gasteiger partial charge in [-0.05, 0) is 42.5 Å². The minimum absolute atomic E-state index is 0.206. The summed E-state index contributed by atoms with van der Waals surface area (Å²) >= 11 is 5.91. The molecular formula is C13H11ClN2O. The quantitative estimate of drug-likeness (QED) is 0.777. The molecule has 0 saturated heterocycles. The number of hydrogen-bond acceptors (Lipinski definition) is 2. The normalized spacial score (nSPS) is 13.7. The van der Waals surface area contributed by atoms with E-state index in [0.29, 0.717) is 0 Å². The Kier molecular flexibility index (Phi) is 2.48. The Morgan fingerprint density at radius 3 is 3.06 bits per heavy atom. The van der Waals surface area contributed by atoms with Crippen LogP contribution in [0.5, 0.6) is 0 Å². The van der Waals surface area contributed by atoms with E-state index in [4.69, 9.17) is 11.6 Å². The molecule has 0 aliphatic heterocycles. The molecule has 2 aromatic heterocycles. The van der Waals surface area contributed by atoms with Gasteiger partial charge in [0.2, 0.25) is 0 Å². The molecular weight excluding hydrogens is 236 g/mol. The van der Waals surface area contributed by atoms with Gasteiger partial charge in [-0.25, -0.2) is 0 Å². The number of aromatic nitrogens is 2. The molecule has 0 radical (unpaired) electrons. The maximum atomic E-state index is 11.5. The first-order valence-electron chi connectivity index (χ1n) is 5.60. The first kappa shape index (κ1) is 10.5. The number of rotatable bonds is 0. The molecule has 0 fully saturated rings. The molecule has 4 heteroatoms. The number of nitrogens with one attached hydrogen (secondary N) is 1. The van der Waals surface area contributed by atoms with Crippen LogP contribution >= 0.6 is 11.6 Å². The Balaban J connectivity index is 2.32. The predicted molar refractivity (Wildman–Crippen MR) is 67.3 cm³/mol. The number of halogens is 1. The topological polar surface area (TPSA) is 45.8 Å².